The first-order valence-electron chi connectivity index (χ1n) is 6.94. The summed E-state index contributed by atoms with van der Waals surface area (Å²) in [5, 5.41) is 0. The Labute approximate surface area is 119 Å². The van der Waals surface area contributed by atoms with Gasteiger partial charge in [-0.05, 0) is 32.9 Å². The molecule has 5 heteroatoms. The van der Waals surface area contributed by atoms with E-state index in [1.165, 1.54) is 0 Å². The number of piperidine rings is 1. The summed E-state index contributed by atoms with van der Waals surface area (Å²) in [5.41, 5.74) is 0.883. The number of rotatable bonds is 5. The topological polar surface area (TPSA) is 51.7 Å². The largest absolute Gasteiger partial charge is 0.493 e. The van der Waals surface area contributed by atoms with Crippen molar-refractivity contribution in [2.75, 3.05) is 27.3 Å². The second kappa shape index (κ2) is 6.70. The summed E-state index contributed by atoms with van der Waals surface area (Å²) in [4.78, 5) is 18.1. The Balaban J connectivity index is 2.03. The minimum atomic E-state index is 0.228. The molecule has 1 aliphatic rings. The van der Waals surface area contributed by atoms with Gasteiger partial charge in [-0.25, -0.2) is 0 Å². The number of ether oxygens (including phenoxy) is 2. The molecule has 0 spiro atoms. The Kier molecular flexibility index (Phi) is 4.95. The molecule has 1 aliphatic heterocycles. The van der Waals surface area contributed by atoms with Crippen molar-refractivity contribution in [1.82, 2.24) is 9.88 Å². The van der Waals surface area contributed by atoms with E-state index in [4.69, 9.17) is 9.47 Å². The highest BCUT2D eigenvalue weighted by Crippen LogP contribution is 2.30. The van der Waals surface area contributed by atoms with Crippen LogP contribution in [-0.2, 0) is 11.3 Å². The fourth-order valence-corrected chi connectivity index (χ4v) is 2.67. The van der Waals surface area contributed by atoms with E-state index >= 15 is 0 Å². The van der Waals surface area contributed by atoms with Crippen molar-refractivity contribution >= 4 is 5.78 Å². The molecule has 2 rings (SSSR count). The quantitative estimate of drug-likeness (QED) is 0.823. The van der Waals surface area contributed by atoms with Crippen LogP contribution in [0.5, 0.6) is 11.5 Å². The van der Waals surface area contributed by atoms with Gasteiger partial charge in [-0.3, -0.25) is 14.7 Å². The van der Waals surface area contributed by atoms with Gasteiger partial charge in [-0.15, -0.1) is 0 Å². The number of hydrogen-bond acceptors (Lipinski definition) is 5. The lowest BCUT2D eigenvalue weighted by atomic mass is 9.93. The van der Waals surface area contributed by atoms with Crippen LogP contribution < -0.4 is 9.47 Å². The molecule has 0 atom stereocenters. The first-order valence-corrected chi connectivity index (χ1v) is 6.94. The van der Waals surface area contributed by atoms with Gasteiger partial charge in [-0.1, -0.05) is 0 Å². The molecule has 1 aromatic rings. The third-order valence-electron chi connectivity index (χ3n) is 3.90. The number of aromatic nitrogens is 1. The number of hydrogen-bond donors (Lipinski definition) is 0. The molecule has 5 nitrogen and oxygen atoms in total. The van der Waals surface area contributed by atoms with Crippen LogP contribution in [0.2, 0.25) is 0 Å². The van der Waals surface area contributed by atoms with Crippen LogP contribution in [0.15, 0.2) is 12.3 Å². The molecular weight excluding hydrogens is 256 g/mol. The van der Waals surface area contributed by atoms with Crippen molar-refractivity contribution in [2.45, 2.75) is 26.3 Å². The SMILES string of the molecule is COc1ccnc(CN2CCC(C(C)=O)CC2)c1OC. The zero-order valence-electron chi connectivity index (χ0n) is 12.4. The van der Waals surface area contributed by atoms with Crippen molar-refractivity contribution in [3.8, 4) is 11.5 Å². The number of likely N-dealkylation sites (tertiary alicyclic amines) is 1. The lowest BCUT2D eigenvalue weighted by Crippen LogP contribution is -2.35. The van der Waals surface area contributed by atoms with Gasteiger partial charge < -0.3 is 9.47 Å². The standard InChI is InChI=1S/C15H22N2O3/c1-11(18)12-5-8-17(9-6-12)10-13-15(20-3)14(19-2)4-7-16-13/h4,7,12H,5-6,8-10H2,1-3H3. The Bertz CT molecular complexity index is 468. The van der Waals surface area contributed by atoms with Crippen molar-refractivity contribution in [3.05, 3.63) is 18.0 Å². The predicted molar refractivity (Wildman–Crippen MR) is 76.0 cm³/mol. The number of carbonyl (C=O) groups is 1. The molecule has 2 heterocycles. The normalized spacial score (nSPS) is 16.9. The van der Waals surface area contributed by atoms with Gasteiger partial charge >= 0.3 is 0 Å². The Hall–Kier alpha value is -1.62. The number of Topliss-reactive ketones (excluding diaryl/α,β-unsaturated/α-hetero) is 1. The molecule has 20 heavy (non-hydrogen) atoms. The molecule has 0 aromatic carbocycles. The van der Waals surface area contributed by atoms with E-state index in [1.807, 2.05) is 0 Å². The van der Waals surface area contributed by atoms with Crippen molar-refractivity contribution in [2.24, 2.45) is 5.92 Å². The third kappa shape index (κ3) is 3.28. The van der Waals surface area contributed by atoms with Crippen molar-refractivity contribution in [3.63, 3.8) is 0 Å². The molecule has 110 valence electrons. The van der Waals surface area contributed by atoms with E-state index in [0.29, 0.717) is 17.3 Å². The molecule has 0 aliphatic carbocycles. The maximum Gasteiger partial charge on any atom is 0.183 e. The molecule has 0 saturated carbocycles. The second-order valence-electron chi connectivity index (χ2n) is 5.15. The summed E-state index contributed by atoms with van der Waals surface area (Å²) in [6, 6.07) is 1.80. The Morgan fingerprint density at radius 1 is 1.35 bits per heavy atom. The number of ketones is 1. The maximum absolute atomic E-state index is 11.4. The van der Waals surface area contributed by atoms with E-state index in [2.05, 4.69) is 9.88 Å². The summed E-state index contributed by atoms with van der Waals surface area (Å²) >= 11 is 0. The number of methoxy groups -OCH3 is 2. The van der Waals surface area contributed by atoms with Gasteiger partial charge in [0.15, 0.2) is 11.5 Å². The molecule has 1 fully saturated rings. The van der Waals surface area contributed by atoms with Gasteiger partial charge in [0.1, 0.15) is 11.5 Å². The van der Waals surface area contributed by atoms with Gasteiger partial charge in [0.2, 0.25) is 0 Å². The molecule has 0 amide bonds. The fourth-order valence-electron chi connectivity index (χ4n) is 2.67. The minimum Gasteiger partial charge on any atom is -0.493 e. The third-order valence-corrected chi connectivity index (χ3v) is 3.90. The van der Waals surface area contributed by atoms with Gasteiger partial charge in [-0.2, -0.15) is 0 Å². The highest BCUT2D eigenvalue weighted by molar-refractivity contribution is 5.78. The molecule has 0 N–H and O–H groups in total. The van der Waals surface area contributed by atoms with Gasteiger partial charge in [0.25, 0.3) is 0 Å². The first kappa shape index (κ1) is 14.8. The predicted octanol–water partition coefficient (Wildman–Crippen LogP) is 1.90. The zero-order chi connectivity index (χ0) is 14.5. The summed E-state index contributed by atoms with van der Waals surface area (Å²) in [6.45, 7) is 4.26. The molecule has 1 aromatic heterocycles. The molecule has 0 bridgehead atoms. The monoisotopic (exact) mass is 278 g/mol. The Morgan fingerprint density at radius 3 is 2.60 bits per heavy atom. The van der Waals surface area contributed by atoms with Crippen molar-refractivity contribution in [1.29, 1.82) is 0 Å². The maximum atomic E-state index is 11.4. The van der Waals surface area contributed by atoms with Crippen LogP contribution >= 0.6 is 0 Å². The number of nitrogens with zero attached hydrogens (tertiary/aromatic N) is 2. The van der Waals surface area contributed by atoms with E-state index in [-0.39, 0.29) is 5.92 Å². The smallest absolute Gasteiger partial charge is 0.183 e. The van der Waals surface area contributed by atoms with Crippen LogP contribution in [0.25, 0.3) is 0 Å². The summed E-state index contributed by atoms with van der Waals surface area (Å²) in [7, 11) is 3.25. The van der Waals surface area contributed by atoms with Crippen LogP contribution in [0.3, 0.4) is 0 Å². The summed E-state index contributed by atoms with van der Waals surface area (Å²) < 4.78 is 10.7. The number of carbonyl (C=O) groups excluding carboxylic acids is 1. The van der Waals surface area contributed by atoms with E-state index in [1.54, 1.807) is 33.4 Å². The molecule has 0 unspecified atom stereocenters. The van der Waals surface area contributed by atoms with E-state index in [9.17, 15) is 4.79 Å². The van der Waals surface area contributed by atoms with E-state index < -0.39 is 0 Å². The van der Waals surface area contributed by atoms with Gasteiger partial charge in [0.05, 0.1) is 14.2 Å². The first-order chi connectivity index (χ1) is 9.65. The Morgan fingerprint density at radius 2 is 2.05 bits per heavy atom. The van der Waals surface area contributed by atoms with Crippen LogP contribution in [0.1, 0.15) is 25.5 Å². The molecule has 1 saturated heterocycles. The van der Waals surface area contributed by atoms with E-state index in [0.717, 1.165) is 38.2 Å². The highest BCUT2D eigenvalue weighted by Gasteiger charge is 2.23. The lowest BCUT2D eigenvalue weighted by Gasteiger charge is -2.30. The average Bonchev–Trinajstić information content (AvgIpc) is 2.47. The van der Waals surface area contributed by atoms with Crippen LogP contribution in [-0.4, -0.2) is 43.0 Å². The lowest BCUT2D eigenvalue weighted by molar-refractivity contribution is -0.122. The molecular formula is C15H22N2O3. The minimum absolute atomic E-state index is 0.228. The second-order valence-corrected chi connectivity index (χ2v) is 5.15. The van der Waals surface area contributed by atoms with Crippen molar-refractivity contribution < 1.29 is 14.3 Å². The van der Waals surface area contributed by atoms with Gasteiger partial charge in [0, 0.05) is 24.7 Å². The van der Waals surface area contributed by atoms with Crippen LogP contribution in [0, 0.1) is 5.92 Å². The zero-order valence-corrected chi connectivity index (χ0v) is 12.4. The summed E-state index contributed by atoms with van der Waals surface area (Å²) in [5.74, 6) is 1.94. The number of pyridine rings is 1. The average molecular weight is 278 g/mol. The molecule has 0 radical (unpaired) electrons. The fraction of sp³-hybridized carbons (Fsp3) is 0.600. The van der Waals surface area contributed by atoms with Crippen LogP contribution in [0.4, 0.5) is 0 Å². The highest BCUT2D eigenvalue weighted by atomic mass is 16.5. The summed E-state index contributed by atoms with van der Waals surface area (Å²) in [6.07, 6.45) is 3.60.